The van der Waals surface area contributed by atoms with Gasteiger partial charge in [-0.05, 0) is 55.9 Å². The Kier molecular flexibility index (Phi) is 4.90. The maximum Gasteiger partial charge on any atom is 0.0124 e. The predicted octanol–water partition coefficient (Wildman–Crippen LogP) is 4.23. The summed E-state index contributed by atoms with van der Waals surface area (Å²) in [5.41, 5.74) is 0. The first-order chi connectivity index (χ1) is 8.22. The molecule has 4 unspecified atom stereocenters. The Morgan fingerprint density at radius 1 is 0.941 bits per heavy atom. The zero-order chi connectivity index (χ0) is 12.3. The van der Waals surface area contributed by atoms with E-state index in [1.165, 1.54) is 44.9 Å². The Labute approximate surface area is 108 Å². The van der Waals surface area contributed by atoms with Crippen molar-refractivity contribution in [2.45, 2.75) is 71.8 Å². The first kappa shape index (κ1) is 13.4. The molecule has 0 aromatic heterocycles. The number of hydrogen-bond acceptors (Lipinski definition) is 1. The minimum atomic E-state index is 0.831. The standard InChI is InChI=1S/C16H31N/c1-4-17-16(14-7-5-6-8-14)15-10-9-12(2)13(3)11-15/h12-17H,4-11H2,1-3H3. The van der Waals surface area contributed by atoms with Gasteiger partial charge in [-0.15, -0.1) is 0 Å². The third-order valence-electron chi connectivity index (χ3n) is 5.49. The molecule has 0 bridgehead atoms. The predicted molar refractivity (Wildman–Crippen MR) is 75.1 cm³/mol. The van der Waals surface area contributed by atoms with Gasteiger partial charge in [0.05, 0.1) is 0 Å². The van der Waals surface area contributed by atoms with Crippen molar-refractivity contribution in [1.29, 1.82) is 0 Å². The molecular weight excluding hydrogens is 206 g/mol. The lowest BCUT2D eigenvalue weighted by atomic mass is 9.70. The van der Waals surface area contributed by atoms with Crippen LogP contribution in [0, 0.1) is 23.7 Å². The SMILES string of the molecule is CCNC(C1CCCC1)C1CCC(C)C(C)C1. The summed E-state index contributed by atoms with van der Waals surface area (Å²) in [6, 6.07) is 0.831. The topological polar surface area (TPSA) is 12.0 Å². The molecule has 1 heteroatoms. The van der Waals surface area contributed by atoms with Gasteiger partial charge >= 0.3 is 0 Å². The van der Waals surface area contributed by atoms with Crippen LogP contribution in [-0.2, 0) is 0 Å². The van der Waals surface area contributed by atoms with Crippen molar-refractivity contribution in [3.63, 3.8) is 0 Å². The van der Waals surface area contributed by atoms with Gasteiger partial charge in [0.1, 0.15) is 0 Å². The molecule has 100 valence electrons. The Bertz CT molecular complexity index is 220. The van der Waals surface area contributed by atoms with Crippen LogP contribution in [0.1, 0.15) is 65.7 Å². The van der Waals surface area contributed by atoms with Gasteiger partial charge in [-0.25, -0.2) is 0 Å². The molecule has 0 aromatic rings. The van der Waals surface area contributed by atoms with Gasteiger partial charge in [-0.1, -0.05) is 40.0 Å². The highest BCUT2D eigenvalue weighted by Crippen LogP contribution is 2.40. The van der Waals surface area contributed by atoms with E-state index < -0.39 is 0 Å². The molecule has 2 rings (SSSR count). The largest absolute Gasteiger partial charge is 0.314 e. The molecule has 0 spiro atoms. The molecule has 17 heavy (non-hydrogen) atoms. The number of hydrogen-bond donors (Lipinski definition) is 1. The molecule has 4 atom stereocenters. The zero-order valence-corrected chi connectivity index (χ0v) is 12.0. The Morgan fingerprint density at radius 3 is 2.24 bits per heavy atom. The highest BCUT2D eigenvalue weighted by Gasteiger charge is 2.34. The van der Waals surface area contributed by atoms with Crippen LogP contribution in [-0.4, -0.2) is 12.6 Å². The minimum absolute atomic E-state index is 0.831. The van der Waals surface area contributed by atoms with E-state index in [2.05, 4.69) is 26.1 Å². The van der Waals surface area contributed by atoms with E-state index in [-0.39, 0.29) is 0 Å². The van der Waals surface area contributed by atoms with Crippen LogP contribution in [0.2, 0.25) is 0 Å². The summed E-state index contributed by atoms with van der Waals surface area (Å²) < 4.78 is 0. The van der Waals surface area contributed by atoms with Crippen LogP contribution in [0.5, 0.6) is 0 Å². The van der Waals surface area contributed by atoms with Gasteiger partial charge in [-0.3, -0.25) is 0 Å². The fourth-order valence-corrected chi connectivity index (χ4v) is 4.19. The average Bonchev–Trinajstić information content (AvgIpc) is 2.83. The van der Waals surface area contributed by atoms with E-state index in [4.69, 9.17) is 0 Å². The summed E-state index contributed by atoms with van der Waals surface area (Å²) >= 11 is 0. The van der Waals surface area contributed by atoms with Gasteiger partial charge in [0.15, 0.2) is 0 Å². The van der Waals surface area contributed by atoms with Crippen LogP contribution in [0.4, 0.5) is 0 Å². The number of nitrogens with one attached hydrogen (secondary N) is 1. The molecule has 0 heterocycles. The molecule has 2 aliphatic rings. The van der Waals surface area contributed by atoms with E-state index in [0.717, 1.165) is 36.3 Å². The minimum Gasteiger partial charge on any atom is -0.314 e. The van der Waals surface area contributed by atoms with Crippen molar-refractivity contribution in [2.24, 2.45) is 23.7 Å². The smallest absolute Gasteiger partial charge is 0.0124 e. The van der Waals surface area contributed by atoms with Crippen LogP contribution < -0.4 is 5.32 Å². The highest BCUT2D eigenvalue weighted by atomic mass is 14.9. The summed E-state index contributed by atoms with van der Waals surface area (Å²) in [5.74, 6) is 3.85. The van der Waals surface area contributed by atoms with Gasteiger partial charge in [0.2, 0.25) is 0 Å². The van der Waals surface area contributed by atoms with Crippen molar-refractivity contribution in [2.75, 3.05) is 6.54 Å². The second-order valence-electron chi connectivity index (χ2n) is 6.66. The normalized spacial score (nSPS) is 37.2. The quantitative estimate of drug-likeness (QED) is 0.771. The third kappa shape index (κ3) is 3.24. The van der Waals surface area contributed by atoms with E-state index in [1.54, 1.807) is 0 Å². The monoisotopic (exact) mass is 237 g/mol. The summed E-state index contributed by atoms with van der Waals surface area (Å²) in [6.45, 7) is 8.34. The maximum atomic E-state index is 3.83. The Hall–Kier alpha value is -0.0400. The van der Waals surface area contributed by atoms with Gasteiger partial charge in [0.25, 0.3) is 0 Å². The maximum absolute atomic E-state index is 3.83. The lowest BCUT2D eigenvalue weighted by molar-refractivity contribution is 0.142. The van der Waals surface area contributed by atoms with E-state index in [9.17, 15) is 0 Å². The molecular formula is C16H31N. The highest BCUT2D eigenvalue weighted by molar-refractivity contribution is 4.89. The van der Waals surface area contributed by atoms with Crippen LogP contribution >= 0.6 is 0 Å². The molecule has 2 aliphatic carbocycles. The molecule has 0 aromatic carbocycles. The van der Waals surface area contributed by atoms with Crippen molar-refractivity contribution in [3.05, 3.63) is 0 Å². The van der Waals surface area contributed by atoms with E-state index in [1.807, 2.05) is 0 Å². The summed E-state index contributed by atoms with van der Waals surface area (Å²) in [5, 5.41) is 3.83. The summed E-state index contributed by atoms with van der Waals surface area (Å²) in [4.78, 5) is 0. The summed E-state index contributed by atoms with van der Waals surface area (Å²) in [6.07, 6.45) is 10.3. The van der Waals surface area contributed by atoms with Crippen molar-refractivity contribution < 1.29 is 0 Å². The van der Waals surface area contributed by atoms with Crippen LogP contribution in [0.15, 0.2) is 0 Å². The summed E-state index contributed by atoms with van der Waals surface area (Å²) in [7, 11) is 0. The van der Waals surface area contributed by atoms with Crippen LogP contribution in [0.25, 0.3) is 0 Å². The van der Waals surface area contributed by atoms with Crippen LogP contribution in [0.3, 0.4) is 0 Å². The first-order valence-corrected chi connectivity index (χ1v) is 7.95. The van der Waals surface area contributed by atoms with Crippen molar-refractivity contribution in [3.8, 4) is 0 Å². The molecule has 0 saturated heterocycles. The molecule has 2 fully saturated rings. The van der Waals surface area contributed by atoms with E-state index in [0.29, 0.717) is 0 Å². The molecule has 1 nitrogen and oxygen atoms in total. The molecule has 0 aliphatic heterocycles. The zero-order valence-electron chi connectivity index (χ0n) is 12.0. The lowest BCUT2D eigenvalue weighted by Gasteiger charge is -2.39. The van der Waals surface area contributed by atoms with Gasteiger partial charge < -0.3 is 5.32 Å². The molecule has 0 radical (unpaired) electrons. The molecule has 0 amide bonds. The van der Waals surface area contributed by atoms with Gasteiger partial charge in [0, 0.05) is 6.04 Å². The van der Waals surface area contributed by atoms with Crippen molar-refractivity contribution in [1.82, 2.24) is 5.32 Å². The lowest BCUT2D eigenvalue weighted by Crippen LogP contribution is -2.44. The third-order valence-corrected chi connectivity index (χ3v) is 5.49. The Morgan fingerprint density at radius 2 is 1.65 bits per heavy atom. The molecule has 1 N–H and O–H groups in total. The van der Waals surface area contributed by atoms with E-state index >= 15 is 0 Å². The second-order valence-corrected chi connectivity index (χ2v) is 6.66. The van der Waals surface area contributed by atoms with Gasteiger partial charge in [-0.2, -0.15) is 0 Å². The molecule has 2 saturated carbocycles. The number of rotatable bonds is 4. The fraction of sp³-hybridized carbons (Fsp3) is 1.00. The average molecular weight is 237 g/mol. The fourth-order valence-electron chi connectivity index (χ4n) is 4.19. The van der Waals surface area contributed by atoms with Crippen molar-refractivity contribution >= 4 is 0 Å². The Balaban J connectivity index is 1.95. The second kappa shape index (κ2) is 6.22. The first-order valence-electron chi connectivity index (χ1n) is 7.95.